The molecule has 2 saturated heterocycles. The SMILES string of the molecule is O=C(CN1C(=O)S/C(=C\c2ccccc2)C1=O)NCCN1C(=O)CSC1=O. The standard InChI is InChI=1S/C17H15N3O5S2/c21-13(18-6-7-19-14(22)10-26-16(19)24)9-20-15(23)12(27-17(20)25)8-11-4-2-1-3-5-11/h1-5,8H,6-7,9-10H2,(H,18,21)/b12-8-. The lowest BCUT2D eigenvalue weighted by molar-refractivity contribution is -0.129. The second-order valence-corrected chi connectivity index (χ2v) is 7.55. The Balaban J connectivity index is 1.52. The zero-order valence-electron chi connectivity index (χ0n) is 14.0. The Morgan fingerprint density at radius 1 is 1.07 bits per heavy atom. The number of hydrogen-bond acceptors (Lipinski definition) is 7. The van der Waals surface area contributed by atoms with E-state index < -0.39 is 23.6 Å². The molecule has 3 rings (SSSR count). The molecule has 0 radical (unpaired) electrons. The molecule has 0 spiro atoms. The Morgan fingerprint density at radius 2 is 1.81 bits per heavy atom. The highest BCUT2D eigenvalue weighted by Gasteiger charge is 2.36. The fourth-order valence-electron chi connectivity index (χ4n) is 2.44. The number of carbonyl (C=O) groups excluding carboxylic acids is 5. The molecule has 5 amide bonds. The molecule has 8 nitrogen and oxygen atoms in total. The fourth-order valence-corrected chi connectivity index (χ4v) is 4.03. The number of nitrogens with zero attached hydrogens (tertiary/aromatic N) is 2. The molecule has 2 aliphatic heterocycles. The molecule has 0 bridgehead atoms. The van der Waals surface area contributed by atoms with Crippen LogP contribution >= 0.6 is 23.5 Å². The lowest BCUT2D eigenvalue weighted by atomic mass is 10.2. The molecule has 2 heterocycles. The Labute approximate surface area is 163 Å². The predicted molar refractivity (Wildman–Crippen MR) is 102 cm³/mol. The van der Waals surface area contributed by atoms with Crippen LogP contribution in [0.3, 0.4) is 0 Å². The molecule has 10 heteroatoms. The number of nitrogens with one attached hydrogen (secondary N) is 1. The molecule has 140 valence electrons. The fraction of sp³-hybridized carbons (Fsp3) is 0.235. The Hall–Kier alpha value is -2.59. The minimum Gasteiger partial charge on any atom is -0.353 e. The van der Waals surface area contributed by atoms with Crippen molar-refractivity contribution >= 4 is 57.8 Å². The van der Waals surface area contributed by atoms with Crippen LogP contribution in [-0.2, 0) is 14.4 Å². The van der Waals surface area contributed by atoms with Gasteiger partial charge in [-0.1, -0.05) is 42.1 Å². The Bertz CT molecular complexity index is 824. The predicted octanol–water partition coefficient (Wildman–Crippen LogP) is 1.53. The number of amides is 5. The summed E-state index contributed by atoms with van der Waals surface area (Å²) in [7, 11) is 0. The number of hydrogen-bond donors (Lipinski definition) is 1. The van der Waals surface area contributed by atoms with Crippen molar-refractivity contribution < 1.29 is 24.0 Å². The van der Waals surface area contributed by atoms with Crippen LogP contribution in [0.25, 0.3) is 6.08 Å². The van der Waals surface area contributed by atoms with E-state index in [1.165, 1.54) is 0 Å². The van der Waals surface area contributed by atoms with E-state index in [1.807, 2.05) is 18.2 Å². The van der Waals surface area contributed by atoms with Gasteiger partial charge in [-0.3, -0.25) is 33.8 Å². The monoisotopic (exact) mass is 405 g/mol. The van der Waals surface area contributed by atoms with Gasteiger partial charge in [0.15, 0.2) is 0 Å². The molecule has 1 aromatic carbocycles. The third-order valence-corrected chi connectivity index (χ3v) is 5.54. The largest absolute Gasteiger partial charge is 0.353 e. The van der Waals surface area contributed by atoms with Crippen LogP contribution in [0.4, 0.5) is 9.59 Å². The van der Waals surface area contributed by atoms with Crippen LogP contribution in [0.5, 0.6) is 0 Å². The molecular formula is C17H15N3O5S2. The Morgan fingerprint density at radius 3 is 2.48 bits per heavy atom. The van der Waals surface area contributed by atoms with Gasteiger partial charge in [0, 0.05) is 13.1 Å². The number of benzene rings is 1. The smallest absolute Gasteiger partial charge is 0.294 e. The van der Waals surface area contributed by atoms with Crippen LogP contribution in [0.1, 0.15) is 5.56 Å². The summed E-state index contributed by atoms with van der Waals surface area (Å²) in [6.45, 7) is -0.285. The first kappa shape index (κ1) is 19.2. The molecule has 2 aliphatic rings. The van der Waals surface area contributed by atoms with E-state index in [0.29, 0.717) is 0 Å². The molecule has 27 heavy (non-hydrogen) atoms. The van der Waals surface area contributed by atoms with Crippen LogP contribution < -0.4 is 5.32 Å². The van der Waals surface area contributed by atoms with Crippen LogP contribution in [-0.4, -0.2) is 63.4 Å². The van der Waals surface area contributed by atoms with Gasteiger partial charge in [0.25, 0.3) is 16.4 Å². The summed E-state index contributed by atoms with van der Waals surface area (Å²) in [6, 6.07) is 9.09. The Kier molecular flexibility index (Phi) is 5.97. The quantitative estimate of drug-likeness (QED) is 0.716. The maximum absolute atomic E-state index is 12.4. The maximum Gasteiger partial charge on any atom is 0.294 e. The molecule has 0 aromatic heterocycles. The number of rotatable bonds is 6. The number of carbonyl (C=O) groups is 5. The average molecular weight is 405 g/mol. The maximum atomic E-state index is 12.4. The van der Waals surface area contributed by atoms with Crippen molar-refractivity contribution in [2.75, 3.05) is 25.4 Å². The van der Waals surface area contributed by atoms with Gasteiger partial charge < -0.3 is 5.32 Å². The first-order valence-electron chi connectivity index (χ1n) is 8.00. The van der Waals surface area contributed by atoms with E-state index in [-0.39, 0.29) is 34.9 Å². The summed E-state index contributed by atoms with van der Waals surface area (Å²) in [5.74, 6) is -1.25. The summed E-state index contributed by atoms with van der Waals surface area (Å²) >= 11 is 1.70. The second kappa shape index (κ2) is 8.40. The molecule has 0 aliphatic carbocycles. The van der Waals surface area contributed by atoms with Crippen molar-refractivity contribution in [2.45, 2.75) is 0 Å². The molecule has 1 aromatic rings. The zero-order valence-corrected chi connectivity index (χ0v) is 15.7. The number of thioether (sulfide) groups is 2. The van der Waals surface area contributed by atoms with Gasteiger partial charge in [-0.25, -0.2) is 0 Å². The summed E-state index contributed by atoms with van der Waals surface area (Å²) in [5, 5.41) is 1.66. The first-order chi connectivity index (χ1) is 13.0. The average Bonchev–Trinajstić information content (AvgIpc) is 3.10. The molecule has 0 unspecified atom stereocenters. The van der Waals surface area contributed by atoms with E-state index in [4.69, 9.17) is 0 Å². The summed E-state index contributed by atoms with van der Waals surface area (Å²) in [5.41, 5.74) is 0.783. The van der Waals surface area contributed by atoms with Gasteiger partial charge in [-0.15, -0.1) is 0 Å². The third-order valence-electron chi connectivity index (χ3n) is 3.77. The van der Waals surface area contributed by atoms with E-state index in [2.05, 4.69) is 5.32 Å². The van der Waals surface area contributed by atoms with Gasteiger partial charge in [0.1, 0.15) is 6.54 Å². The van der Waals surface area contributed by atoms with Crippen LogP contribution in [0.15, 0.2) is 35.2 Å². The molecule has 0 atom stereocenters. The summed E-state index contributed by atoms with van der Waals surface area (Å²) in [6.07, 6.45) is 1.60. The van der Waals surface area contributed by atoms with E-state index >= 15 is 0 Å². The van der Waals surface area contributed by atoms with Crippen molar-refractivity contribution in [3.63, 3.8) is 0 Å². The topological polar surface area (TPSA) is 104 Å². The normalized spacial score (nSPS) is 18.7. The zero-order chi connectivity index (χ0) is 19.4. The van der Waals surface area contributed by atoms with Crippen molar-refractivity contribution in [1.29, 1.82) is 0 Å². The highest BCUT2D eigenvalue weighted by atomic mass is 32.2. The van der Waals surface area contributed by atoms with E-state index in [0.717, 1.165) is 38.9 Å². The van der Waals surface area contributed by atoms with Gasteiger partial charge >= 0.3 is 0 Å². The van der Waals surface area contributed by atoms with Gasteiger partial charge in [0.2, 0.25) is 11.8 Å². The van der Waals surface area contributed by atoms with Crippen molar-refractivity contribution in [1.82, 2.24) is 15.1 Å². The third kappa shape index (κ3) is 4.58. The van der Waals surface area contributed by atoms with E-state index in [9.17, 15) is 24.0 Å². The first-order valence-corrected chi connectivity index (χ1v) is 9.80. The molecule has 2 fully saturated rings. The highest BCUT2D eigenvalue weighted by Crippen LogP contribution is 2.31. The molecule has 0 saturated carbocycles. The molecular weight excluding hydrogens is 390 g/mol. The van der Waals surface area contributed by atoms with Gasteiger partial charge in [0.05, 0.1) is 10.7 Å². The summed E-state index contributed by atoms with van der Waals surface area (Å²) < 4.78 is 0. The minimum absolute atomic E-state index is 0.0617. The lowest BCUT2D eigenvalue weighted by Crippen LogP contribution is -2.42. The minimum atomic E-state index is -0.537. The van der Waals surface area contributed by atoms with Gasteiger partial charge in [-0.2, -0.15) is 0 Å². The second-order valence-electron chi connectivity index (χ2n) is 5.63. The van der Waals surface area contributed by atoms with Crippen molar-refractivity contribution in [3.8, 4) is 0 Å². The van der Waals surface area contributed by atoms with Crippen LogP contribution in [0.2, 0.25) is 0 Å². The highest BCUT2D eigenvalue weighted by molar-refractivity contribution is 8.18. The van der Waals surface area contributed by atoms with Gasteiger partial charge in [-0.05, 0) is 23.4 Å². The molecule has 1 N–H and O–H groups in total. The summed E-state index contributed by atoms with van der Waals surface area (Å²) in [4.78, 5) is 61.5. The van der Waals surface area contributed by atoms with Crippen molar-refractivity contribution in [3.05, 3.63) is 40.8 Å². The lowest BCUT2D eigenvalue weighted by Gasteiger charge is -2.15. The van der Waals surface area contributed by atoms with Crippen molar-refractivity contribution in [2.24, 2.45) is 0 Å². The number of imide groups is 2. The van der Waals surface area contributed by atoms with Crippen LogP contribution in [0, 0.1) is 0 Å². The van der Waals surface area contributed by atoms with E-state index in [1.54, 1.807) is 18.2 Å².